The number of nitrogen functional groups attached to an aromatic ring is 1. The minimum Gasteiger partial charge on any atom is -0.384 e. The van der Waals surface area contributed by atoms with Crippen LogP contribution in [0.4, 0.5) is 5.82 Å². The molecule has 5 aliphatic rings. The molecule has 3 heteroatoms. The van der Waals surface area contributed by atoms with Gasteiger partial charge in [0.05, 0.1) is 11.7 Å². The van der Waals surface area contributed by atoms with Crippen LogP contribution in [0.25, 0.3) is 0 Å². The predicted molar refractivity (Wildman–Crippen MR) is 74.7 cm³/mol. The van der Waals surface area contributed by atoms with E-state index in [-0.39, 0.29) is 0 Å². The maximum atomic E-state index is 6.44. The van der Waals surface area contributed by atoms with Crippen molar-refractivity contribution in [2.24, 2.45) is 23.7 Å². The molecule has 102 valence electrons. The fourth-order valence-corrected chi connectivity index (χ4v) is 5.96. The van der Waals surface area contributed by atoms with Crippen molar-refractivity contribution in [3.05, 3.63) is 11.3 Å². The lowest BCUT2D eigenvalue weighted by Crippen LogP contribution is -2.46. The van der Waals surface area contributed by atoms with E-state index in [2.05, 4.69) is 4.68 Å². The molecule has 0 unspecified atom stereocenters. The number of rotatable bonds is 1. The molecule has 0 radical (unpaired) electrons. The van der Waals surface area contributed by atoms with Crippen LogP contribution in [0.15, 0.2) is 0 Å². The number of fused-ring (bicyclic) bond motifs is 1. The molecule has 1 heterocycles. The zero-order valence-electron chi connectivity index (χ0n) is 11.5. The number of nitrogens with zero attached hydrogens (tertiary/aromatic N) is 2. The average molecular weight is 257 g/mol. The van der Waals surface area contributed by atoms with Gasteiger partial charge in [0.25, 0.3) is 0 Å². The normalized spacial score (nSPS) is 42.8. The highest BCUT2D eigenvalue weighted by molar-refractivity contribution is 5.46. The van der Waals surface area contributed by atoms with Gasteiger partial charge in [-0.05, 0) is 75.0 Å². The second-order valence-electron chi connectivity index (χ2n) is 7.53. The van der Waals surface area contributed by atoms with E-state index in [4.69, 9.17) is 10.8 Å². The van der Waals surface area contributed by atoms with Crippen LogP contribution in [-0.2, 0) is 12.8 Å². The van der Waals surface area contributed by atoms with Gasteiger partial charge in [0.15, 0.2) is 0 Å². The lowest BCUT2D eigenvalue weighted by Gasteiger charge is -2.54. The number of anilines is 1. The van der Waals surface area contributed by atoms with E-state index in [1.807, 2.05) is 0 Å². The van der Waals surface area contributed by atoms with Crippen molar-refractivity contribution in [3.8, 4) is 0 Å². The molecule has 4 saturated carbocycles. The Morgan fingerprint density at radius 1 is 0.947 bits per heavy atom. The van der Waals surface area contributed by atoms with Crippen molar-refractivity contribution < 1.29 is 0 Å². The van der Waals surface area contributed by atoms with Gasteiger partial charge in [-0.1, -0.05) is 0 Å². The molecule has 4 fully saturated rings. The molecule has 4 bridgehead atoms. The Balaban J connectivity index is 1.56. The van der Waals surface area contributed by atoms with Crippen LogP contribution in [0.2, 0.25) is 0 Å². The molecule has 19 heavy (non-hydrogen) atoms. The molecule has 5 aliphatic carbocycles. The number of hydrogen-bond acceptors (Lipinski definition) is 2. The molecule has 6 rings (SSSR count). The topological polar surface area (TPSA) is 43.8 Å². The first-order chi connectivity index (χ1) is 9.29. The van der Waals surface area contributed by atoms with Gasteiger partial charge in [-0.2, -0.15) is 5.10 Å². The second kappa shape index (κ2) is 3.56. The zero-order valence-corrected chi connectivity index (χ0v) is 11.5. The zero-order chi connectivity index (χ0) is 12.6. The van der Waals surface area contributed by atoms with Crippen LogP contribution in [0.5, 0.6) is 0 Å². The highest BCUT2D eigenvalue weighted by Crippen LogP contribution is 2.58. The summed E-state index contributed by atoms with van der Waals surface area (Å²) in [5.41, 5.74) is 9.13. The first-order valence-electron chi connectivity index (χ1n) is 8.15. The highest BCUT2D eigenvalue weighted by atomic mass is 15.3. The Morgan fingerprint density at radius 2 is 1.63 bits per heavy atom. The van der Waals surface area contributed by atoms with E-state index in [1.54, 1.807) is 0 Å². The van der Waals surface area contributed by atoms with E-state index >= 15 is 0 Å². The average Bonchev–Trinajstić information content (AvgIpc) is 2.93. The van der Waals surface area contributed by atoms with Gasteiger partial charge in [0, 0.05) is 5.56 Å². The van der Waals surface area contributed by atoms with E-state index in [0.29, 0.717) is 6.04 Å². The number of nitrogens with two attached hydrogens (primary N) is 1. The fourth-order valence-electron chi connectivity index (χ4n) is 5.96. The van der Waals surface area contributed by atoms with Crippen LogP contribution in [0, 0.1) is 23.7 Å². The summed E-state index contributed by atoms with van der Waals surface area (Å²) < 4.78 is 2.27. The van der Waals surface area contributed by atoms with Crippen molar-refractivity contribution in [1.82, 2.24) is 9.78 Å². The molecule has 0 aliphatic heterocycles. The summed E-state index contributed by atoms with van der Waals surface area (Å²) in [5.74, 6) is 4.83. The van der Waals surface area contributed by atoms with Crippen molar-refractivity contribution in [2.75, 3.05) is 5.73 Å². The van der Waals surface area contributed by atoms with Crippen molar-refractivity contribution >= 4 is 5.82 Å². The standard InChI is InChI=1S/C16H23N3/c17-16-13-2-1-3-14(13)18-19(16)15-11-5-9-4-10(7-11)8-12(15)6-9/h9-12,15H,1-8,17H2. The molecule has 0 aromatic carbocycles. The van der Waals surface area contributed by atoms with E-state index < -0.39 is 0 Å². The van der Waals surface area contributed by atoms with Crippen molar-refractivity contribution in [1.29, 1.82) is 0 Å². The fraction of sp³-hybridized carbons (Fsp3) is 0.812. The maximum absolute atomic E-state index is 6.44. The Morgan fingerprint density at radius 3 is 2.26 bits per heavy atom. The molecule has 1 aromatic rings. The number of aromatic nitrogens is 2. The third-order valence-electron chi connectivity index (χ3n) is 6.43. The van der Waals surface area contributed by atoms with Gasteiger partial charge in [-0.3, -0.25) is 0 Å². The summed E-state index contributed by atoms with van der Waals surface area (Å²) in [6.07, 6.45) is 10.9. The Bertz CT molecular complexity index is 502. The van der Waals surface area contributed by atoms with Gasteiger partial charge in [0.2, 0.25) is 0 Å². The summed E-state index contributed by atoms with van der Waals surface area (Å²) >= 11 is 0. The van der Waals surface area contributed by atoms with Gasteiger partial charge in [-0.25, -0.2) is 4.68 Å². The summed E-state index contributed by atoms with van der Waals surface area (Å²) in [6.45, 7) is 0. The highest BCUT2D eigenvalue weighted by Gasteiger charge is 2.49. The Labute approximate surface area is 114 Å². The Kier molecular flexibility index (Phi) is 2.01. The summed E-state index contributed by atoms with van der Waals surface area (Å²) in [7, 11) is 0. The summed E-state index contributed by atoms with van der Waals surface area (Å²) in [6, 6.07) is 0.637. The molecule has 2 N–H and O–H groups in total. The minimum absolute atomic E-state index is 0.637. The summed E-state index contributed by atoms with van der Waals surface area (Å²) in [4.78, 5) is 0. The molecule has 1 aromatic heterocycles. The smallest absolute Gasteiger partial charge is 0.125 e. The van der Waals surface area contributed by atoms with Crippen LogP contribution < -0.4 is 5.73 Å². The first-order valence-corrected chi connectivity index (χ1v) is 8.15. The number of hydrogen-bond donors (Lipinski definition) is 1. The van der Waals surface area contributed by atoms with Gasteiger partial charge in [0.1, 0.15) is 5.82 Å². The SMILES string of the molecule is Nc1c2c(nn1C1C3CC4CC(C3)CC1C4)CCC2. The first kappa shape index (κ1) is 10.8. The molecule has 0 spiro atoms. The van der Waals surface area contributed by atoms with Crippen LogP contribution in [-0.4, -0.2) is 9.78 Å². The Hall–Kier alpha value is -0.990. The molecule has 0 amide bonds. The van der Waals surface area contributed by atoms with E-state index in [9.17, 15) is 0 Å². The maximum Gasteiger partial charge on any atom is 0.125 e. The van der Waals surface area contributed by atoms with E-state index in [1.165, 1.54) is 49.8 Å². The lowest BCUT2D eigenvalue weighted by atomic mass is 9.54. The molecular weight excluding hydrogens is 234 g/mol. The van der Waals surface area contributed by atoms with Crippen molar-refractivity contribution in [2.45, 2.75) is 57.4 Å². The predicted octanol–water partition coefficient (Wildman–Crippen LogP) is 2.95. The third kappa shape index (κ3) is 1.36. The third-order valence-corrected chi connectivity index (χ3v) is 6.43. The molecule has 0 saturated heterocycles. The summed E-state index contributed by atoms with van der Waals surface area (Å²) in [5, 5.41) is 4.93. The van der Waals surface area contributed by atoms with E-state index in [0.717, 1.165) is 42.3 Å². The largest absolute Gasteiger partial charge is 0.384 e. The van der Waals surface area contributed by atoms with Gasteiger partial charge in [-0.15, -0.1) is 0 Å². The second-order valence-corrected chi connectivity index (χ2v) is 7.53. The van der Waals surface area contributed by atoms with Gasteiger partial charge >= 0.3 is 0 Å². The monoisotopic (exact) mass is 257 g/mol. The lowest BCUT2D eigenvalue weighted by molar-refractivity contribution is -0.0329. The molecular formula is C16H23N3. The minimum atomic E-state index is 0.637. The number of aryl methyl sites for hydroxylation is 1. The molecule has 3 nitrogen and oxygen atoms in total. The van der Waals surface area contributed by atoms with Crippen LogP contribution in [0.3, 0.4) is 0 Å². The van der Waals surface area contributed by atoms with Crippen molar-refractivity contribution in [3.63, 3.8) is 0 Å². The quantitative estimate of drug-likeness (QED) is 0.840. The van der Waals surface area contributed by atoms with Gasteiger partial charge < -0.3 is 5.73 Å². The molecule has 0 atom stereocenters. The van der Waals surface area contributed by atoms with Crippen LogP contribution >= 0.6 is 0 Å². The van der Waals surface area contributed by atoms with Crippen LogP contribution in [0.1, 0.15) is 55.8 Å².